The number of hydrogen-bond donors (Lipinski definition) is 0. The molecule has 0 radical (unpaired) electrons. The number of esters is 4. The van der Waals surface area contributed by atoms with E-state index in [1.807, 2.05) is 0 Å². The van der Waals surface area contributed by atoms with E-state index >= 15 is 0 Å². The van der Waals surface area contributed by atoms with E-state index in [0.29, 0.717) is 0 Å². The first kappa shape index (κ1) is 28.9. The molecule has 0 aliphatic carbocycles. The monoisotopic (exact) mass is 472 g/mol. The summed E-state index contributed by atoms with van der Waals surface area (Å²) in [6.07, 6.45) is 7.52. The first-order chi connectivity index (χ1) is 15.7. The molecule has 0 aromatic carbocycles. The second-order valence-electron chi connectivity index (χ2n) is 8.42. The Hall–Kier alpha value is -2.16. The molecule has 1 fully saturated rings. The van der Waals surface area contributed by atoms with Crippen LogP contribution >= 0.6 is 0 Å². The number of ether oxygens (including phenoxy) is 5. The molecule has 9 nitrogen and oxygen atoms in total. The normalized spacial score (nSPS) is 21.9. The molecule has 190 valence electrons. The van der Waals surface area contributed by atoms with Gasteiger partial charge in [-0.25, -0.2) is 0 Å². The Kier molecular flexibility index (Phi) is 14.4. The standard InChI is InChI=1S/C24H40O9/c1-5-6-7-8-9-10-11-12-13-14-15-21(28)29-16-20-22(30-17(2)25)23(31-18(3)26)24(33-20)32-19(4)27/h20,22-24H,5-16H2,1-4H3/t20-,22-,23-,24-/m1/s1. The van der Waals surface area contributed by atoms with Crippen molar-refractivity contribution in [2.45, 2.75) is 123 Å². The third kappa shape index (κ3) is 12.6. The van der Waals surface area contributed by atoms with Gasteiger partial charge in [0.05, 0.1) is 0 Å². The van der Waals surface area contributed by atoms with E-state index in [1.54, 1.807) is 0 Å². The Bertz CT molecular complexity index is 619. The molecule has 4 atom stereocenters. The van der Waals surface area contributed by atoms with Crippen LogP contribution in [-0.2, 0) is 42.9 Å². The van der Waals surface area contributed by atoms with E-state index < -0.39 is 42.5 Å². The smallest absolute Gasteiger partial charge is 0.305 e. The minimum absolute atomic E-state index is 0.218. The number of hydrogen-bond acceptors (Lipinski definition) is 9. The predicted molar refractivity (Wildman–Crippen MR) is 119 cm³/mol. The third-order valence-corrected chi connectivity index (χ3v) is 5.30. The Labute approximate surface area is 196 Å². The Balaban J connectivity index is 2.40. The van der Waals surface area contributed by atoms with Gasteiger partial charge in [0.2, 0.25) is 12.4 Å². The summed E-state index contributed by atoms with van der Waals surface area (Å²) in [5, 5.41) is 0. The molecule has 1 aliphatic rings. The summed E-state index contributed by atoms with van der Waals surface area (Å²) in [6, 6.07) is 0. The molecule has 0 amide bonds. The quantitative estimate of drug-likeness (QED) is 0.187. The van der Waals surface area contributed by atoms with Gasteiger partial charge in [-0.2, -0.15) is 0 Å². The van der Waals surface area contributed by atoms with Crippen molar-refractivity contribution in [1.29, 1.82) is 0 Å². The van der Waals surface area contributed by atoms with Crippen LogP contribution in [0.1, 0.15) is 98.3 Å². The fourth-order valence-electron chi connectivity index (χ4n) is 3.74. The van der Waals surface area contributed by atoms with E-state index in [4.69, 9.17) is 23.7 Å². The molecule has 0 N–H and O–H groups in total. The Morgan fingerprint density at radius 1 is 0.667 bits per heavy atom. The molecule has 1 saturated heterocycles. The molecule has 0 aromatic rings. The van der Waals surface area contributed by atoms with Crippen LogP contribution in [0, 0.1) is 0 Å². The maximum atomic E-state index is 12.1. The van der Waals surface area contributed by atoms with Gasteiger partial charge in [0.25, 0.3) is 0 Å². The zero-order valence-electron chi connectivity index (χ0n) is 20.5. The molecule has 9 heteroatoms. The second kappa shape index (κ2) is 16.5. The van der Waals surface area contributed by atoms with Crippen molar-refractivity contribution in [3.63, 3.8) is 0 Å². The lowest BCUT2D eigenvalue weighted by atomic mass is 10.1. The molecule has 0 aromatic heterocycles. The van der Waals surface area contributed by atoms with E-state index in [9.17, 15) is 19.2 Å². The highest BCUT2D eigenvalue weighted by Crippen LogP contribution is 2.28. The molecular weight excluding hydrogens is 432 g/mol. The number of carbonyl (C=O) groups excluding carboxylic acids is 4. The summed E-state index contributed by atoms with van der Waals surface area (Å²) in [7, 11) is 0. The molecular formula is C24H40O9. The van der Waals surface area contributed by atoms with Gasteiger partial charge in [0.1, 0.15) is 12.7 Å². The minimum Gasteiger partial charge on any atom is -0.463 e. The fraction of sp³-hybridized carbons (Fsp3) is 0.833. The lowest BCUT2D eigenvalue weighted by Gasteiger charge is -2.22. The molecule has 0 unspecified atom stereocenters. The zero-order chi connectivity index (χ0) is 24.6. The van der Waals surface area contributed by atoms with E-state index in [0.717, 1.165) is 19.3 Å². The molecule has 0 bridgehead atoms. The van der Waals surface area contributed by atoms with Crippen LogP contribution in [0.25, 0.3) is 0 Å². The van der Waals surface area contributed by atoms with Crippen LogP contribution < -0.4 is 0 Å². The van der Waals surface area contributed by atoms with Gasteiger partial charge >= 0.3 is 23.9 Å². The first-order valence-electron chi connectivity index (χ1n) is 12.1. The van der Waals surface area contributed by atoms with Gasteiger partial charge in [-0.1, -0.05) is 64.7 Å². The van der Waals surface area contributed by atoms with Crippen molar-refractivity contribution < 1.29 is 42.9 Å². The van der Waals surface area contributed by atoms with Crippen LogP contribution in [0.4, 0.5) is 0 Å². The summed E-state index contributed by atoms with van der Waals surface area (Å²) in [5.41, 5.74) is 0. The van der Waals surface area contributed by atoms with Crippen molar-refractivity contribution in [2.24, 2.45) is 0 Å². The van der Waals surface area contributed by atoms with E-state index in [1.165, 1.54) is 65.7 Å². The van der Waals surface area contributed by atoms with Gasteiger partial charge < -0.3 is 23.7 Å². The number of carbonyl (C=O) groups is 4. The first-order valence-corrected chi connectivity index (χ1v) is 12.1. The highest BCUT2D eigenvalue weighted by Gasteiger charge is 2.51. The van der Waals surface area contributed by atoms with E-state index in [2.05, 4.69) is 6.92 Å². The summed E-state index contributed by atoms with van der Waals surface area (Å²) < 4.78 is 26.3. The SMILES string of the molecule is CCCCCCCCCCCCC(=O)OC[C@H]1O[C@@H](OC(C)=O)[C@H](OC(C)=O)[C@@H]1OC(C)=O. The third-order valence-electron chi connectivity index (χ3n) is 5.30. The lowest BCUT2D eigenvalue weighted by molar-refractivity contribution is -0.197. The highest BCUT2D eigenvalue weighted by atomic mass is 16.8. The average Bonchev–Trinajstić information content (AvgIpc) is 3.02. The summed E-state index contributed by atoms with van der Waals surface area (Å²) in [6.45, 7) is 5.54. The molecule has 0 saturated carbocycles. The van der Waals surface area contributed by atoms with Crippen molar-refractivity contribution in [1.82, 2.24) is 0 Å². The summed E-state index contributed by atoms with van der Waals surface area (Å²) in [4.78, 5) is 46.5. The van der Waals surface area contributed by atoms with Gasteiger partial charge in [-0.05, 0) is 6.42 Å². The highest BCUT2D eigenvalue weighted by molar-refractivity contribution is 5.69. The van der Waals surface area contributed by atoms with Gasteiger partial charge in [-0.15, -0.1) is 0 Å². The number of rotatable bonds is 16. The molecule has 1 aliphatic heterocycles. The van der Waals surface area contributed by atoms with Crippen LogP contribution in [-0.4, -0.2) is 55.1 Å². The topological polar surface area (TPSA) is 114 Å². The summed E-state index contributed by atoms with van der Waals surface area (Å²) in [5.74, 6) is -2.33. The maximum Gasteiger partial charge on any atom is 0.305 e. The molecule has 1 heterocycles. The lowest BCUT2D eigenvalue weighted by Crippen LogP contribution is -2.42. The van der Waals surface area contributed by atoms with Crippen LogP contribution in [0.5, 0.6) is 0 Å². The van der Waals surface area contributed by atoms with Crippen molar-refractivity contribution in [3.05, 3.63) is 0 Å². The van der Waals surface area contributed by atoms with Crippen LogP contribution in [0.15, 0.2) is 0 Å². The van der Waals surface area contributed by atoms with Crippen molar-refractivity contribution >= 4 is 23.9 Å². The fourth-order valence-corrected chi connectivity index (χ4v) is 3.74. The van der Waals surface area contributed by atoms with E-state index in [-0.39, 0.29) is 19.0 Å². The maximum absolute atomic E-state index is 12.1. The zero-order valence-corrected chi connectivity index (χ0v) is 20.5. The van der Waals surface area contributed by atoms with Crippen LogP contribution in [0.2, 0.25) is 0 Å². The second-order valence-corrected chi connectivity index (χ2v) is 8.42. The van der Waals surface area contributed by atoms with Gasteiger partial charge in [0.15, 0.2) is 6.10 Å². The molecule has 33 heavy (non-hydrogen) atoms. The largest absolute Gasteiger partial charge is 0.463 e. The van der Waals surface area contributed by atoms with Crippen molar-refractivity contribution in [3.8, 4) is 0 Å². The molecule has 1 rings (SSSR count). The van der Waals surface area contributed by atoms with Crippen molar-refractivity contribution in [2.75, 3.05) is 6.61 Å². The predicted octanol–water partition coefficient (Wildman–Crippen LogP) is 3.99. The Morgan fingerprint density at radius 3 is 1.67 bits per heavy atom. The minimum atomic E-state index is -1.26. The Morgan fingerprint density at radius 2 is 1.15 bits per heavy atom. The van der Waals surface area contributed by atoms with Gasteiger partial charge in [0, 0.05) is 27.2 Å². The van der Waals surface area contributed by atoms with Crippen LogP contribution in [0.3, 0.4) is 0 Å². The van der Waals surface area contributed by atoms with Gasteiger partial charge in [-0.3, -0.25) is 19.2 Å². The summed E-state index contributed by atoms with van der Waals surface area (Å²) >= 11 is 0. The molecule has 0 spiro atoms. The number of unbranched alkanes of at least 4 members (excludes halogenated alkanes) is 9. The average molecular weight is 473 g/mol.